The van der Waals surface area contributed by atoms with Gasteiger partial charge in [0.2, 0.25) is 6.10 Å². The number of hydrogen-bond acceptors (Lipinski definition) is 11. The van der Waals surface area contributed by atoms with E-state index in [1.807, 2.05) is 0 Å². The van der Waals surface area contributed by atoms with Crippen LogP contribution in [0.3, 0.4) is 0 Å². The molecule has 0 bridgehead atoms. The fourth-order valence-corrected chi connectivity index (χ4v) is 12.6. The van der Waals surface area contributed by atoms with Gasteiger partial charge in [0.1, 0.15) is 24.9 Å². The number of hydrogen-bond donors (Lipinski definition) is 7. The molecular weight excluding hydrogens is 720 g/mol. The van der Waals surface area contributed by atoms with Gasteiger partial charge in [-0.05, 0) is 110 Å². The normalized spacial score (nSPS) is 44.3. The fraction of sp³-hybridized carbons (Fsp3) is 0.850. The molecule has 310 valence electrons. The fourth-order valence-electron chi connectivity index (χ4n) is 12.6. The molecule has 0 aromatic rings. The second-order valence-corrected chi connectivity index (χ2v) is 19.3. The van der Waals surface area contributed by atoms with E-state index in [0.717, 1.165) is 44.9 Å². The van der Waals surface area contributed by atoms with Crippen LogP contribution in [-0.4, -0.2) is 115 Å². The van der Waals surface area contributed by atoms with Gasteiger partial charge in [0, 0.05) is 0 Å². The number of carbonyl (C=O) groups is 4. The van der Waals surface area contributed by atoms with Crippen LogP contribution in [0.25, 0.3) is 0 Å². The maximum absolute atomic E-state index is 12.9. The van der Waals surface area contributed by atoms with E-state index >= 15 is 0 Å². The molecule has 0 amide bonds. The van der Waals surface area contributed by atoms with Gasteiger partial charge in [0.15, 0.2) is 18.7 Å². The van der Waals surface area contributed by atoms with Crippen molar-refractivity contribution in [1.29, 1.82) is 0 Å². The second kappa shape index (κ2) is 14.6. The molecule has 15 atom stereocenters. The number of allylic oxidation sites excluding steroid dienone is 2. The number of ether oxygens (including phenoxy) is 4. The lowest BCUT2D eigenvalue weighted by molar-refractivity contribution is -0.345. The Hall–Kier alpha value is -2.66. The summed E-state index contributed by atoms with van der Waals surface area (Å²) in [6.07, 6.45) is -4.26. The summed E-state index contributed by atoms with van der Waals surface area (Å²) in [7, 11) is 0. The summed E-state index contributed by atoms with van der Waals surface area (Å²) in [4.78, 5) is 47.8. The Morgan fingerprint density at radius 1 is 0.836 bits per heavy atom. The Morgan fingerprint density at radius 2 is 1.51 bits per heavy atom. The summed E-state index contributed by atoms with van der Waals surface area (Å²) in [6, 6.07) is 0. The van der Waals surface area contributed by atoms with Crippen LogP contribution in [0.4, 0.5) is 0 Å². The van der Waals surface area contributed by atoms with E-state index in [4.69, 9.17) is 24.1 Å². The number of carboxylic acid groups (broad SMARTS) is 4. The van der Waals surface area contributed by atoms with E-state index in [-0.39, 0.29) is 28.1 Å². The average Bonchev–Trinajstić information content (AvgIpc) is 3.08. The van der Waals surface area contributed by atoms with Gasteiger partial charge in [-0.15, -0.1) is 0 Å². The molecule has 4 saturated carbocycles. The van der Waals surface area contributed by atoms with Crippen molar-refractivity contribution >= 4 is 23.9 Å². The molecule has 6 rings (SSSR count). The van der Waals surface area contributed by atoms with Crippen molar-refractivity contribution in [2.75, 3.05) is 6.61 Å². The third kappa shape index (κ3) is 7.03. The molecule has 15 heteroatoms. The summed E-state index contributed by atoms with van der Waals surface area (Å²) in [5, 5.41) is 71.4. The van der Waals surface area contributed by atoms with Crippen molar-refractivity contribution in [1.82, 2.24) is 0 Å². The SMILES string of the molecule is CC1(C)CC[C@]2(C(=O)O)CCC3C(=CCC4[C@@]3(C)CCC3C(C)(C)[C@@H](O[C@@H]5O[C@H](C(=O)O)[C@@H](O)[C@H](O[C@@H](OCC(=O)O)[C@@H](O)C(=O)O)[C@H]5O)CC[C@@]34C)C2C1. The quantitative estimate of drug-likeness (QED) is 0.0899. The molecule has 0 aromatic heterocycles. The minimum Gasteiger partial charge on any atom is -0.481 e. The molecule has 1 heterocycles. The van der Waals surface area contributed by atoms with Gasteiger partial charge in [0.25, 0.3) is 0 Å². The van der Waals surface area contributed by atoms with Gasteiger partial charge in [-0.3, -0.25) is 4.79 Å². The van der Waals surface area contributed by atoms with Gasteiger partial charge in [-0.25, -0.2) is 14.4 Å². The van der Waals surface area contributed by atoms with E-state index in [1.54, 1.807) is 0 Å². The van der Waals surface area contributed by atoms with Crippen LogP contribution in [0, 0.1) is 50.7 Å². The summed E-state index contributed by atoms with van der Waals surface area (Å²) in [5.74, 6) is -4.83. The van der Waals surface area contributed by atoms with Crippen molar-refractivity contribution in [2.45, 2.75) is 155 Å². The number of carboxylic acids is 4. The maximum Gasteiger partial charge on any atom is 0.337 e. The number of aliphatic hydroxyl groups is 3. The van der Waals surface area contributed by atoms with Gasteiger partial charge in [-0.1, -0.05) is 53.2 Å². The molecule has 5 aliphatic carbocycles. The minimum atomic E-state index is -2.44. The summed E-state index contributed by atoms with van der Waals surface area (Å²) >= 11 is 0. The predicted octanol–water partition coefficient (Wildman–Crippen LogP) is 3.66. The molecule has 0 radical (unpaired) electrons. The lowest BCUT2D eigenvalue weighted by Gasteiger charge is -2.68. The minimum absolute atomic E-state index is 0.0246. The van der Waals surface area contributed by atoms with Crippen molar-refractivity contribution in [3.63, 3.8) is 0 Å². The predicted molar refractivity (Wildman–Crippen MR) is 191 cm³/mol. The molecule has 0 aromatic carbocycles. The van der Waals surface area contributed by atoms with Crippen LogP contribution in [0.5, 0.6) is 0 Å². The standard InChI is InChI=1S/C40H60O15/c1-36(2)15-16-40(35(50)51)14-9-20-19(21(40)17-36)7-8-23-38(20,5)12-10-22-37(3,4)24(11-13-39(22,23)6)53-34-27(44)29(26(43)30(55-34)32(48)49)54-33(28(45)31(46)47)52-18-25(41)42/h7,20-24,26-30,33-34,43-45H,8-18H2,1-6H3,(H,41,42)(H,46,47)(H,48,49)(H,50,51)/t20?,21?,22?,23?,24-,26-,27+,28-,29-,30-,33+,34+,38-,39-,40+/m0/s1. The smallest absolute Gasteiger partial charge is 0.337 e. The molecule has 0 spiro atoms. The van der Waals surface area contributed by atoms with Crippen molar-refractivity contribution < 1.29 is 73.9 Å². The van der Waals surface area contributed by atoms with Gasteiger partial charge in [0.05, 0.1) is 11.5 Å². The lowest BCUT2D eigenvalue weighted by Crippen LogP contribution is -2.65. The van der Waals surface area contributed by atoms with Crippen molar-refractivity contribution in [3.8, 4) is 0 Å². The molecule has 5 fully saturated rings. The number of rotatable bonds is 11. The number of fused-ring (bicyclic) bond motifs is 7. The summed E-state index contributed by atoms with van der Waals surface area (Å²) in [6.45, 7) is 12.4. The molecule has 15 nitrogen and oxygen atoms in total. The summed E-state index contributed by atoms with van der Waals surface area (Å²) in [5.41, 5.74) is 0.0788. The molecule has 4 unspecified atom stereocenters. The molecule has 7 N–H and O–H groups in total. The van der Waals surface area contributed by atoms with Crippen LogP contribution in [0.15, 0.2) is 11.6 Å². The van der Waals surface area contributed by atoms with E-state index in [0.29, 0.717) is 31.1 Å². The third-order valence-corrected chi connectivity index (χ3v) is 15.5. The highest BCUT2D eigenvalue weighted by Crippen LogP contribution is 2.72. The van der Waals surface area contributed by atoms with Gasteiger partial charge >= 0.3 is 23.9 Å². The van der Waals surface area contributed by atoms with E-state index in [1.165, 1.54) is 5.57 Å². The Bertz CT molecular complexity index is 1560. The van der Waals surface area contributed by atoms with E-state index < -0.39 is 90.5 Å². The zero-order chi connectivity index (χ0) is 40.6. The lowest BCUT2D eigenvalue weighted by atomic mass is 9.37. The maximum atomic E-state index is 12.9. The molecule has 1 saturated heterocycles. The van der Waals surface area contributed by atoms with Gasteiger partial charge < -0.3 is 54.7 Å². The zero-order valence-corrected chi connectivity index (χ0v) is 32.7. The largest absolute Gasteiger partial charge is 0.481 e. The van der Waals surface area contributed by atoms with Crippen molar-refractivity contribution in [3.05, 3.63) is 11.6 Å². The molecule has 6 aliphatic rings. The van der Waals surface area contributed by atoms with Crippen molar-refractivity contribution in [2.24, 2.45) is 50.7 Å². The molecular formula is C40H60O15. The number of aliphatic hydroxyl groups excluding tert-OH is 3. The monoisotopic (exact) mass is 780 g/mol. The van der Waals surface area contributed by atoms with E-state index in [9.17, 15) is 49.8 Å². The van der Waals surface area contributed by atoms with E-state index in [2.05, 4.69) is 47.6 Å². The first kappa shape index (κ1) is 42.0. The molecule has 55 heavy (non-hydrogen) atoms. The Morgan fingerprint density at radius 3 is 2.13 bits per heavy atom. The van der Waals surface area contributed by atoms with Crippen LogP contribution >= 0.6 is 0 Å². The second-order valence-electron chi connectivity index (χ2n) is 19.3. The highest BCUT2D eigenvalue weighted by Gasteiger charge is 2.66. The highest BCUT2D eigenvalue weighted by atomic mass is 16.7. The Labute approximate surface area is 321 Å². The summed E-state index contributed by atoms with van der Waals surface area (Å²) < 4.78 is 22.4. The van der Waals surface area contributed by atoms with Crippen LogP contribution in [0.1, 0.15) is 106 Å². The third-order valence-electron chi connectivity index (χ3n) is 15.5. The van der Waals surface area contributed by atoms with Crippen LogP contribution < -0.4 is 0 Å². The first-order valence-corrected chi connectivity index (χ1v) is 19.7. The highest BCUT2D eigenvalue weighted by molar-refractivity contribution is 5.76. The topological polar surface area (TPSA) is 247 Å². The van der Waals surface area contributed by atoms with Crippen LogP contribution in [-0.2, 0) is 38.1 Å². The zero-order valence-electron chi connectivity index (χ0n) is 32.7. The molecule has 1 aliphatic heterocycles. The number of aliphatic carboxylic acids is 4. The average molecular weight is 781 g/mol. The Balaban J connectivity index is 1.23. The van der Waals surface area contributed by atoms with Crippen LogP contribution in [0.2, 0.25) is 0 Å². The Kier molecular flexibility index (Phi) is 11.2. The van der Waals surface area contributed by atoms with Gasteiger partial charge in [-0.2, -0.15) is 0 Å². The first-order chi connectivity index (χ1) is 25.5. The first-order valence-electron chi connectivity index (χ1n) is 19.7.